The lowest BCUT2D eigenvalue weighted by Crippen LogP contribution is -2.32. The number of carbonyl (C=O) groups is 1. The smallest absolute Gasteiger partial charge is 0.312 e. The summed E-state index contributed by atoms with van der Waals surface area (Å²) in [6, 6.07) is 5.00. The van der Waals surface area contributed by atoms with Crippen molar-refractivity contribution in [3.8, 4) is 0 Å². The third-order valence-corrected chi connectivity index (χ3v) is 3.17. The molecule has 0 aliphatic carbocycles. The van der Waals surface area contributed by atoms with Crippen molar-refractivity contribution < 1.29 is 4.79 Å². The molecule has 102 valence electrons. The number of hydrogen-bond donors (Lipinski definition) is 2. The summed E-state index contributed by atoms with van der Waals surface area (Å²) >= 11 is 11.7. The number of hydrogen-bond acceptors (Lipinski definition) is 2. The second-order valence-electron chi connectivity index (χ2n) is 4.04. The van der Waals surface area contributed by atoms with E-state index in [4.69, 9.17) is 28.9 Å². The SMILES string of the molecule is NC(=O)NCCn1c(CCCl)nc2cc(Cl)ccc21. The number of benzene rings is 1. The largest absolute Gasteiger partial charge is 0.352 e. The Balaban J connectivity index is 2.31. The number of halogens is 2. The molecule has 19 heavy (non-hydrogen) atoms. The third kappa shape index (κ3) is 3.30. The minimum Gasteiger partial charge on any atom is -0.352 e. The van der Waals surface area contributed by atoms with E-state index in [9.17, 15) is 4.79 Å². The van der Waals surface area contributed by atoms with Crippen LogP contribution in [0.25, 0.3) is 11.0 Å². The number of imidazole rings is 1. The normalized spacial score (nSPS) is 10.8. The van der Waals surface area contributed by atoms with Crippen molar-refractivity contribution in [3.63, 3.8) is 0 Å². The first-order valence-electron chi connectivity index (χ1n) is 5.85. The highest BCUT2D eigenvalue weighted by Crippen LogP contribution is 2.21. The quantitative estimate of drug-likeness (QED) is 0.830. The number of aryl methyl sites for hydroxylation is 1. The van der Waals surface area contributed by atoms with Gasteiger partial charge >= 0.3 is 6.03 Å². The highest BCUT2D eigenvalue weighted by molar-refractivity contribution is 6.31. The Labute approximate surface area is 120 Å². The molecule has 1 aromatic carbocycles. The summed E-state index contributed by atoms with van der Waals surface area (Å²) in [5.41, 5.74) is 6.84. The monoisotopic (exact) mass is 300 g/mol. The summed E-state index contributed by atoms with van der Waals surface area (Å²) in [5, 5.41) is 3.20. The summed E-state index contributed by atoms with van der Waals surface area (Å²) in [6.45, 7) is 1.03. The molecule has 0 fully saturated rings. The summed E-state index contributed by atoms with van der Waals surface area (Å²) < 4.78 is 2.02. The van der Waals surface area contributed by atoms with Crippen LogP contribution < -0.4 is 11.1 Å². The fourth-order valence-corrected chi connectivity index (χ4v) is 2.30. The Kier molecular flexibility index (Phi) is 4.50. The van der Waals surface area contributed by atoms with Gasteiger partial charge in [0.2, 0.25) is 0 Å². The van der Waals surface area contributed by atoms with Crippen molar-refractivity contribution in [1.29, 1.82) is 0 Å². The van der Waals surface area contributed by atoms with Crippen LogP contribution in [0.3, 0.4) is 0 Å². The molecule has 7 heteroatoms. The van der Waals surface area contributed by atoms with Crippen molar-refractivity contribution in [3.05, 3.63) is 29.0 Å². The van der Waals surface area contributed by atoms with E-state index in [1.807, 2.05) is 22.8 Å². The summed E-state index contributed by atoms with van der Waals surface area (Å²) in [6.07, 6.45) is 0.657. The molecule has 0 atom stereocenters. The van der Waals surface area contributed by atoms with Crippen LogP contribution in [-0.4, -0.2) is 28.0 Å². The van der Waals surface area contributed by atoms with E-state index in [1.54, 1.807) is 0 Å². The molecule has 3 N–H and O–H groups in total. The molecule has 0 radical (unpaired) electrons. The molecule has 0 spiro atoms. The number of urea groups is 1. The number of rotatable bonds is 5. The second kappa shape index (κ2) is 6.12. The van der Waals surface area contributed by atoms with Crippen molar-refractivity contribution in [2.24, 2.45) is 5.73 Å². The maximum atomic E-state index is 10.7. The zero-order valence-electron chi connectivity index (χ0n) is 10.2. The molecular formula is C12H14Cl2N4O. The molecule has 0 aliphatic heterocycles. The van der Waals surface area contributed by atoms with Crippen molar-refractivity contribution >= 4 is 40.3 Å². The molecule has 2 aromatic rings. The van der Waals surface area contributed by atoms with Crippen LogP contribution >= 0.6 is 23.2 Å². The van der Waals surface area contributed by atoms with E-state index in [2.05, 4.69) is 10.3 Å². The van der Waals surface area contributed by atoms with Gasteiger partial charge in [-0.2, -0.15) is 0 Å². The van der Waals surface area contributed by atoms with Crippen molar-refractivity contribution in [1.82, 2.24) is 14.9 Å². The molecule has 0 bridgehead atoms. The predicted molar refractivity (Wildman–Crippen MR) is 76.8 cm³/mol. The van der Waals surface area contributed by atoms with E-state index in [1.165, 1.54) is 0 Å². The van der Waals surface area contributed by atoms with Crippen LogP contribution in [0, 0.1) is 0 Å². The minimum absolute atomic E-state index is 0.443. The van der Waals surface area contributed by atoms with Gasteiger partial charge in [0.25, 0.3) is 0 Å². The molecular weight excluding hydrogens is 287 g/mol. The highest BCUT2D eigenvalue weighted by Gasteiger charge is 2.10. The predicted octanol–water partition coefficient (Wildman–Crippen LogP) is 2.14. The van der Waals surface area contributed by atoms with E-state index < -0.39 is 6.03 Å². The third-order valence-electron chi connectivity index (χ3n) is 2.74. The van der Waals surface area contributed by atoms with Gasteiger partial charge in [-0.1, -0.05) is 11.6 Å². The van der Waals surface area contributed by atoms with Crippen LogP contribution in [-0.2, 0) is 13.0 Å². The van der Waals surface area contributed by atoms with Gasteiger partial charge in [-0.3, -0.25) is 0 Å². The first-order chi connectivity index (χ1) is 9.11. The van der Waals surface area contributed by atoms with Gasteiger partial charge in [0.15, 0.2) is 0 Å². The number of fused-ring (bicyclic) bond motifs is 1. The number of nitrogens with one attached hydrogen (secondary N) is 1. The second-order valence-corrected chi connectivity index (χ2v) is 4.86. The zero-order chi connectivity index (χ0) is 13.8. The number of nitrogens with two attached hydrogens (primary N) is 1. The Bertz CT molecular complexity index is 597. The maximum absolute atomic E-state index is 10.7. The average Bonchev–Trinajstić information content (AvgIpc) is 2.66. The number of alkyl halides is 1. The van der Waals surface area contributed by atoms with Crippen molar-refractivity contribution in [2.75, 3.05) is 12.4 Å². The van der Waals surface area contributed by atoms with E-state index in [0.29, 0.717) is 30.4 Å². The number of aromatic nitrogens is 2. The zero-order valence-corrected chi connectivity index (χ0v) is 11.7. The van der Waals surface area contributed by atoms with E-state index in [0.717, 1.165) is 16.9 Å². The number of primary amides is 1. The van der Waals surface area contributed by atoms with Gasteiger partial charge in [0.1, 0.15) is 5.82 Å². The number of amides is 2. The molecule has 0 saturated heterocycles. The topological polar surface area (TPSA) is 72.9 Å². The molecule has 2 amide bonds. The first kappa shape index (κ1) is 14.0. The van der Waals surface area contributed by atoms with Crippen LogP contribution in [0.5, 0.6) is 0 Å². The summed E-state index contributed by atoms with van der Waals surface area (Å²) in [5.74, 6) is 1.36. The Morgan fingerprint density at radius 2 is 2.26 bits per heavy atom. The number of carbonyl (C=O) groups excluding carboxylic acids is 1. The summed E-state index contributed by atoms with van der Waals surface area (Å²) in [7, 11) is 0. The van der Waals surface area contributed by atoms with Crippen LogP contribution in [0.15, 0.2) is 18.2 Å². The highest BCUT2D eigenvalue weighted by atomic mass is 35.5. The molecule has 0 saturated carbocycles. The van der Waals surface area contributed by atoms with E-state index in [-0.39, 0.29) is 0 Å². The first-order valence-corrected chi connectivity index (χ1v) is 6.77. The van der Waals surface area contributed by atoms with Crippen LogP contribution in [0.2, 0.25) is 5.02 Å². The maximum Gasteiger partial charge on any atom is 0.312 e. The molecule has 1 heterocycles. The van der Waals surface area contributed by atoms with E-state index >= 15 is 0 Å². The lowest BCUT2D eigenvalue weighted by molar-refractivity contribution is 0.248. The van der Waals surface area contributed by atoms with Gasteiger partial charge in [-0.15, -0.1) is 11.6 Å². The Morgan fingerprint density at radius 3 is 2.95 bits per heavy atom. The Morgan fingerprint density at radius 1 is 1.47 bits per heavy atom. The van der Waals surface area contributed by atoms with Gasteiger partial charge in [0, 0.05) is 30.4 Å². The van der Waals surface area contributed by atoms with Gasteiger partial charge in [-0.25, -0.2) is 9.78 Å². The molecule has 5 nitrogen and oxygen atoms in total. The van der Waals surface area contributed by atoms with Gasteiger partial charge in [-0.05, 0) is 18.2 Å². The van der Waals surface area contributed by atoms with Crippen molar-refractivity contribution in [2.45, 2.75) is 13.0 Å². The molecule has 1 aromatic heterocycles. The Hall–Kier alpha value is -1.46. The molecule has 2 rings (SSSR count). The fraction of sp³-hybridized carbons (Fsp3) is 0.333. The summed E-state index contributed by atoms with van der Waals surface area (Å²) in [4.78, 5) is 15.2. The van der Waals surface area contributed by atoms with Gasteiger partial charge < -0.3 is 15.6 Å². The van der Waals surface area contributed by atoms with Crippen LogP contribution in [0.1, 0.15) is 5.82 Å². The van der Waals surface area contributed by atoms with Crippen LogP contribution in [0.4, 0.5) is 4.79 Å². The van der Waals surface area contributed by atoms with Gasteiger partial charge in [0.05, 0.1) is 11.0 Å². The molecule has 0 aliphatic rings. The number of nitrogens with zero attached hydrogens (tertiary/aromatic N) is 2. The fourth-order valence-electron chi connectivity index (χ4n) is 1.97. The lowest BCUT2D eigenvalue weighted by atomic mass is 10.3. The average molecular weight is 301 g/mol. The minimum atomic E-state index is -0.536. The molecule has 0 unspecified atom stereocenters. The standard InChI is InChI=1S/C12H14Cl2N4O/c13-4-3-11-17-9-7-8(14)1-2-10(9)18(11)6-5-16-12(15)19/h1-2,7H,3-6H2,(H3,15,16,19). The lowest BCUT2D eigenvalue weighted by Gasteiger charge is -2.08.